The number of aromatic nitrogens is 2. The van der Waals surface area contributed by atoms with Gasteiger partial charge in [0.2, 0.25) is 0 Å². The van der Waals surface area contributed by atoms with Crippen LogP contribution in [0.5, 0.6) is 0 Å². The molecule has 0 aliphatic carbocycles. The quantitative estimate of drug-likeness (QED) is 0.762. The van der Waals surface area contributed by atoms with E-state index in [1.165, 1.54) is 0 Å². The predicted molar refractivity (Wildman–Crippen MR) is 93.5 cm³/mol. The Labute approximate surface area is 152 Å². The van der Waals surface area contributed by atoms with Crippen molar-refractivity contribution >= 4 is 23.5 Å². The molecule has 2 unspecified atom stereocenters. The van der Waals surface area contributed by atoms with E-state index in [2.05, 4.69) is 14.9 Å². The van der Waals surface area contributed by atoms with Crippen LogP contribution in [-0.4, -0.2) is 51.7 Å². The van der Waals surface area contributed by atoms with Crippen LogP contribution >= 0.6 is 11.6 Å². The fourth-order valence-electron chi connectivity index (χ4n) is 3.59. The zero-order valence-electron chi connectivity index (χ0n) is 14.7. The second kappa shape index (κ2) is 6.68. The highest BCUT2D eigenvalue weighted by Gasteiger charge is 2.44. The van der Waals surface area contributed by atoms with Gasteiger partial charge in [0.05, 0.1) is 18.3 Å². The number of piperidine rings is 1. The number of likely N-dealkylation sites (tertiary alicyclic amines) is 1. The van der Waals surface area contributed by atoms with Gasteiger partial charge in [0.1, 0.15) is 17.5 Å². The van der Waals surface area contributed by atoms with Crippen LogP contribution in [0.15, 0.2) is 6.20 Å². The molecule has 2 saturated heterocycles. The number of anilines is 1. The topological polar surface area (TPSA) is 82.4 Å². The van der Waals surface area contributed by atoms with Gasteiger partial charge in [-0.3, -0.25) is 0 Å². The second-order valence-electron chi connectivity index (χ2n) is 7.41. The predicted octanol–water partition coefficient (Wildman–Crippen LogP) is 2.98. The van der Waals surface area contributed by atoms with Crippen molar-refractivity contribution in [3.63, 3.8) is 0 Å². The van der Waals surface area contributed by atoms with Gasteiger partial charge in [-0.2, -0.15) is 5.26 Å². The number of nitrogens with zero attached hydrogens (tertiary/aromatic N) is 5. The van der Waals surface area contributed by atoms with Gasteiger partial charge in [-0.1, -0.05) is 11.6 Å². The molecule has 0 saturated carbocycles. The molecule has 1 aromatic heterocycles. The largest absolute Gasteiger partial charge is 0.444 e. The molecule has 2 aliphatic rings. The summed E-state index contributed by atoms with van der Waals surface area (Å²) in [6, 6.07) is 2.19. The first-order chi connectivity index (χ1) is 11.8. The van der Waals surface area contributed by atoms with Crippen molar-refractivity contribution in [2.24, 2.45) is 0 Å². The number of carbonyl (C=O) groups is 1. The summed E-state index contributed by atoms with van der Waals surface area (Å²) < 4.78 is 5.54. The Morgan fingerprint density at radius 1 is 1.36 bits per heavy atom. The van der Waals surface area contributed by atoms with Gasteiger partial charge in [-0.25, -0.2) is 14.8 Å². The molecule has 2 aliphatic heterocycles. The van der Waals surface area contributed by atoms with Crippen LogP contribution in [-0.2, 0) is 4.74 Å². The monoisotopic (exact) mass is 363 g/mol. The van der Waals surface area contributed by atoms with Crippen molar-refractivity contribution in [2.45, 2.75) is 57.7 Å². The van der Waals surface area contributed by atoms with Crippen molar-refractivity contribution in [1.82, 2.24) is 14.9 Å². The number of rotatable bonds is 1. The molecule has 3 heterocycles. The van der Waals surface area contributed by atoms with Crippen LogP contribution in [0.3, 0.4) is 0 Å². The molecule has 2 fully saturated rings. The van der Waals surface area contributed by atoms with E-state index in [0.717, 1.165) is 25.8 Å². The first-order valence-electron chi connectivity index (χ1n) is 8.49. The summed E-state index contributed by atoms with van der Waals surface area (Å²) in [5.41, 5.74) is -0.379. The highest BCUT2D eigenvalue weighted by Crippen LogP contribution is 2.34. The maximum absolute atomic E-state index is 12.5. The van der Waals surface area contributed by atoms with E-state index >= 15 is 0 Å². The van der Waals surface area contributed by atoms with Gasteiger partial charge < -0.3 is 14.5 Å². The van der Waals surface area contributed by atoms with Crippen molar-refractivity contribution in [2.75, 3.05) is 18.0 Å². The third-order valence-corrected chi connectivity index (χ3v) is 4.82. The fraction of sp³-hybridized carbons (Fsp3) is 0.647. The number of amides is 1. The Kier molecular flexibility index (Phi) is 4.74. The SMILES string of the molecule is CC(C)(C)OC(=O)N1CCC2C1CCCN2c1cnc(C#N)c(Cl)n1. The smallest absolute Gasteiger partial charge is 0.410 e. The average Bonchev–Trinajstić information content (AvgIpc) is 2.97. The van der Waals surface area contributed by atoms with E-state index in [-0.39, 0.29) is 29.0 Å². The molecule has 25 heavy (non-hydrogen) atoms. The summed E-state index contributed by atoms with van der Waals surface area (Å²) in [5, 5.41) is 9.06. The zero-order valence-corrected chi connectivity index (χ0v) is 15.5. The van der Waals surface area contributed by atoms with E-state index in [1.54, 1.807) is 6.20 Å². The highest BCUT2D eigenvalue weighted by molar-refractivity contribution is 6.30. The van der Waals surface area contributed by atoms with E-state index in [4.69, 9.17) is 21.6 Å². The summed E-state index contributed by atoms with van der Waals surface area (Å²) in [6.07, 6.45) is 4.06. The summed E-state index contributed by atoms with van der Waals surface area (Å²) in [5.74, 6) is 0.657. The van der Waals surface area contributed by atoms with Crippen LogP contribution in [0.2, 0.25) is 5.15 Å². The maximum Gasteiger partial charge on any atom is 0.410 e. The van der Waals surface area contributed by atoms with Crippen LogP contribution in [0.25, 0.3) is 0 Å². The highest BCUT2D eigenvalue weighted by atomic mass is 35.5. The third kappa shape index (κ3) is 3.64. The Hall–Kier alpha value is -2.07. The van der Waals surface area contributed by atoms with Gasteiger partial charge in [0, 0.05) is 13.1 Å². The molecular formula is C17H22ClN5O2. The first kappa shape index (κ1) is 17.7. The maximum atomic E-state index is 12.5. The van der Waals surface area contributed by atoms with Crippen LogP contribution < -0.4 is 4.90 Å². The lowest BCUT2D eigenvalue weighted by Crippen LogP contribution is -2.52. The number of nitriles is 1. The molecule has 0 N–H and O–H groups in total. The normalized spacial score (nSPS) is 23.2. The molecule has 0 aromatic carbocycles. The molecule has 7 nitrogen and oxygen atoms in total. The van der Waals surface area contributed by atoms with Gasteiger partial charge in [-0.05, 0) is 40.0 Å². The summed E-state index contributed by atoms with van der Waals surface area (Å²) in [7, 11) is 0. The summed E-state index contributed by atoms with van der Waals surface area (Å²) in [6.45, 7) is 7.12. The molecule has 134 valence electrons. The molecule has 8 heteroatoms. The molecule has 0 bridgehead atoms. The Balaban J connectivity index is 1.79. The Bertz CT molecular complexity index is 712. The van der Waals surface area contributed by atoms with Gasteiger partial charge in [0.25, 0.3) is 0 Å². The van der Waals surface area contributed by atoms with E-state index in [0.29, 0.717) is 12.4 Å². The fourth-order valence-corrected chi connectivity index (χ4v) is 3.77. The van der Waals surface area contributed by atoms with Gasteiger partial charge >= 0.3 is 6.09 Å². The number of hydrogen-bond donors (Lipinski definition) is 0. The van der Waals surface area contributed by atoms with Crippen LogP contribution in [0.4, 0.5) is 10.6 Å². The lowest BCUT2D eigenvalue weighted by atomic mass is 9.97. The summed E-state index contributed by atoms with van der Waals surface area (Å²) >= 11 is 6.04. The minimum atomic E-state index is -0.504. The number of halogens is 1. The molecule has 2 atom stereocenters. The van der Waals surface area contributed by atoms with Crippen LogP contribution in [0.1, 0.15) is 45.7 Å². The standard InChI is InChI=1S/C17H22ClN5O2/c1-17(2,3)25-16(24)23-8-6-13-12(23)5-4-7-22(13)14-10-20-11(9-19)15(18)21-14/h10,12-13H,4-8H2,1-3H3. The molecule has 0 radical (unpaired) electrons. The Morgan fingerprint density at radius 2 is 2.12 bits per heavy atom. The molecular weight excluding hydrogens is 342 g/mol. The second-order valence-corrected chi connectivity index (χ2v) is 7.77. The van der Waals surface area contributed by atoms with Crippen molar-refractivity contribution < 1.29 is 9.53 Å². The minimum Gasteiger partial charge on any atom is -0.444 e. The van der Waals surface area contributed by atoms with Crippen molar-refractivity contribution in [1.29, 1.82) is 5.26 Å². The average molecular weight is 364 g/mol. The minimum absolute atomic E-state index is 0.0971. The number of ether oxygens (including phenoxy) is 1. The van der Waals surface area contributed by atoms with E-state index in [9.17, 15) is 4.79 Å². The Morgan fingerprint density at radius 3 is 2.76 bits per heavy atom. The molecule has 1 aromatic rings. The molecule has 3 rings (SSSR count). The number of carbonyl (C=O) groups excluding carboxylic acids is 1. The van der Waals surface area contributed by atoms with E-state index < -0.39 is 5.60 Å². The number of hydrogen-bond acceptors (Lipinski definition) is 6. The van der Waals surface area contributed by atoms with E-state index in [1.807, 2.05) is 31.7 Å². The van der Waals surface area contributed by atoms with Gasteiger partial charge in [0.15, 0.2) is 10.8 Å². The molecule has 1 amide bonds. The van der Waals surface area contributed by atoms with Gasteiger partial charge in [-0.15, -0.1) is 0 Å². The van der Waals surface area contributed by atoms with Crippen molar-refractivity contribution in [3.05, 3.63) is 17.0 Å². The lowest BCUT2D eigenvalue weighted by Gasteiger charge is -2.40. The lowest BCUT2D eigenvalue weighted by molar-refractivity contribution is 0.0204. The first-order valence-corrected chi connectivity index (χ1v) is 8.87. The van der Waals surface area contributed by atoms with Crippen LogP contribution in [0, 0.1) is 11.3 Å². The summed E-state index contributed by atoms with van der Waals surface area (Å²) in [4.78, 5) is 24.9. The van der Waals surface area contributed by atoms with Crippen molar-refractivity contribution in [3.8, 4) is 6.07 Å². The molecule has 0 spiro atoms. The third-order valence-electron chi connectivity index (χ3n) is 4.55. The number of fused-ring (bicyclic) bond motifs is 1. The zero-order chi connectivity index (χ0) is 18.2.